The average molecular weight is 407 g/mol. The van der Waals surface area contributed by atoms with Crippen LogP contribution in [0.3, 0.4) is 0 Å². The number of aromatic nitrogens is 1. The summed E-state index contributed by atoms with van der Waals surface area (Å²) < 4.78 is 12.2. The number of hydrogen-bond donors (Lipinski definition) is 2. The number of anilines is 1. The summed E-state index contributed by atoms with van der Waals surface area (Å²) in [5.41, 5.74) is 2.85. The zero-order chi connectivity index (χ0) is 21.7. The number of nitrogens with one attached hydrogen (secondary N) is 1. The zero-order valence-corrected chi connectivity index (χ0v) is 16.6. The number of hydrogen-bond acceptors (Lipinski definition) is 6. The van der Waals surface area contributed by atoms with Gasteiger partial charge in [0.05, 0.1) is 30.5 Å². The first kappa shape index (κ1) is 20.9. The standard InChI is InChI=1S/C22H21N3O5/c1-14-15(2)25(11-18-4-3-9-29-18)21(19(14)10-23)24-20(27)13-30-22(28)17-7-5-16(12-26)6-8-17/h3-9,26H,11-13H2,1-2H3,(H,24,27). The minimum Gasteiger partial charge on any atom is -0.467 e. The van der Waals surface area contributed by atoms with Gasteiger partial charge in [-0.25, -0.2) is 4.79 Å². The molecule has 0 radical (unpaired) electrons. The molecule has 0 spiro atoms. The summed E-state index contributed by atoms with van der Waals surface area (Å²) in [6.45, 7) is 3.36. The predicted octanol–water partition coefficient (Wildman–Crippen LogP) is 2.91. The highest BCUT2D eigenvalue weighted by molar-refractivity contribution is 5.96. The Kier molecular flexibility index (Phi) is 6.35. The van der Waals surface area contributed by atoms with Gasteiger partial charge in [-0.1, -0.05) is 12.1 Å². The fourth-order valence-electron chi connectivity index (χ4n) is 3.02. The van der Waals surface area contributed by atoms with Crippen molar-refractivity contribution >= 4 is 17.7 Å². The van der Waals surface area contributed by atoms with Crippen LogP contribution in [-0.4, -0.2) is 28.2 Å². The summed E-state index contributed by atoms with van der Waals surface area (Å²) in [5.74, 6) is -0.221. The summed E-state index contributed by atoms with van der Waals surface area (Å²) in [5, 5.41) is 21.3. The first-order chi connectivity index (χ1) is 14.4. The largest absolute Gasteiger partial charge is 0.467 e. The number of furan rings is 1. The van der Waals surface area contributed by atoms with E-state index in [2.05, 4.69) is 11.4 Å². The van der Waals surface area contributed by atoms with E-state index in [0.29, 0.717) is 29.2 Å². The summed E-state index contributed by atoms with van der Waals surface area (Å²) in [4.78, 5) is 24.6. The Labute approximate surface area is 173 Å². The van der Waals surface area contributed by atoms with Crippen molar-refractivity contribution in [3.63, 3.8) is 0 Å². The maximum Gasteiger partial charge on any atom is 0.338 e. The van der Waals surface area contributed by atoms with E-state index < -0.39 is 18.5 Å². The summed E-state index contributed by atoms with van der Waals surface area (Å²) >= 11 is 0. The Morgan fingerprint density at radius 3 is 2.57 bits per heavy atom. The van der Waals surface area contributed by atoms with Crippen LogP contribution in [0, 0.1) is 25.2 Å². The highest BCUT2D eigenvalue weighted by Gasteiger charge is 2.21. The van der Waals surface area contributed by atoms with Crippen molar-refractivity contribution in [1.82, 2.24) is 4.57 Å². The van der Waals surface area contributed by atoms with Gasteiger partial charge in [0.15, 0.2) is 6.61 Å². The fraction of sp³-hybridized carbons (Fsp3) is 0.227. The molecule has 2 N–H and O–H groups in total. The van der Waals surface area contributed by atoms with Gasteiger partial charge in [-0.05, 0) is 49.2 Å². The van der Waals surface area contributed by atoms with Crippen molar-refractivity contribution in [2.45, 2.75) is 27.0 Å². The molecule has 1 aromatic carbocycles. The van der Waals surface area contributed by atoms with Crippen molar-refractivity contribution in [3.8, 4) is 6.07 Å². The molecule has 0 unspecified atom stereocenters. The topological polar surface area (TPSA) is 117 Å². The van der Waals surface area contributed by atoms with Gasteiger partial charge in [-0.15, -0.1) is 0 Å². The fourth-order valence-corrected chi connectivity index (χ4v) is 3.02. The molecule has 8 nitrogen and oxygen atoms in total. The molecule has 0 atom stereocenters. The molecule has 30 heavy (non-hydrogen) atoms. The Morgan fingerprint density at radius 1 is 1.23 bits per heavy atom. The molecule has 2 heterocycles. The minimum absolute atomic E-state index is 0.130. The number of esters is 1. The van der Waals surface area contributed by atoms with Crippen LogP contribution in [0.25, 0.3) is 0 Å². The molecule has 0 saturated heterocycles. The van der Waals surface area contributed by atoms with Crippen LogP contribution in [0.5, 0.6) is 0 Å². The molecule has 2 aromatic heterocycles. The van der Waals surface area contributed by atoms with E-state index in [1.807, 2.05) is 6.92 Å². The van der Waals surface area contributed by atoms with Crippen molar-refractivity contribution in [1.29, 1.82) is 5.26 Å². The summed E-state index contributed by atoms with van der Waals surface area (Å²) in [7, 11) is 0. The third-order valence-corrected chi connectivity index (χ3v) is 4.80. The van der Waals surface area contributed by atoms with Crippen LogP contribution < -0.4 is 5.32 Å². The lowest BCUT2D eigenvalue weighted by molar-refractivity contribution is -0.119. The lowest BCUT2D eigenvalue weighted by Crippen LogP contribution is -2.23. The van der Waals surface area contributed by atoms with Crippen LogP contribution in [0.2, 0.25) is 0 Å². The number of ether oxygens (including phenoxy) is 1. The molecule has 0 fully saturated rings. The third kappa shape index (κ3) is 4.42. The van der Waals surface area contributed by atoms with Gasteiger partial charge >= 0.3 is 5.97 Å². The Bertz CT molecular complexity index is 1090. The molecule has 8 heteroatoms. The zero-order valence-electron chi connectivity index (χ0n) is 16.6. The van der Waals surface area contributed by atoms with Gasteiger partial charge in [0.2, 0.25) is 0 Å². The molecule has 1 amide bonds. The third-order valence-electron chi connectivity index (χ3n) is 4.80. The van der Waals surface area contributed by atoms with Crippen LogP contribution in [0.15, 0.2) is 47.1 Å². The van der Waals surface area contributed by atoms with Crippen LogP contribution >= 0.6 is 0 Å². The summed E-state index contributed by atoms with van der Waals surface area (Å²) in [6, 6.07) is 11.9. The van der Waals surface area contributed by atoms with Crippen LogP contribution in [0.4, 0.5) is 5.82 Å². The molecule has 3 aromatic rings. The number of amides is 1. The van der Waals surface area contributed by atoms with E-state index in [1.54, 1.807) is 42.0 Å². The van der Waals surface area contributed by atoms with Crippen LogP contribution in [0.1, 0.15) is 38.5 Å². The number of benzene rings is 1. The highest BCUT2D eigenvalue weighted by atomic mass is 16.5. The minimum atomic E-state index is -0.659. The van der Waals surface area contributed by atoms with Gasteiger partial charge in [0.1, 0.15) is 17.6 Å². The molecule has 0 bridgehead atoms. The molecule has 3 rings (SSSR count). The second-order valence-corrected chi connectivity index (χ2v) is 6.69. The Balaban J connectivity index is 1.71. The van der Waals surface area contributed by atoms with E-state index in [-0.39, 0.29) is 12.2 Å². The number of carbonyl (C=O) groups is 2. The van der Waals surface area contributed by atoms with E-state index in [9.17, 15) is 14.9 Å². The van der Waals surface area contributed by atoms with Crippen molar-refractivity contribution in [2.75, 3.05) is 11.9 Å². The maximum absolute atomic E-state index is 12.4. The quantitative estimate of drug-likeness (QED) is 0.582. The highest BCUT2D eigenvalue weighted by Crippen LogP contribution is 2.27. The van der Waals surface area contributed by atoms with Gasteiger partial charge in [-0.3, -0.25) is 4.79 Å². The van der Waals surface area contributed by atoms with E-state index >= 15 is 0 Å². The number of aliphatic hydroxyl groups excluding tert-OH is 1. The first-order valence-corrected chi connectivity index (χ1v) is 9.23. The van der Waals surface area contributed by atoms with E-state index in [1.165, 1.54) is 12.1 Å². The average Bonchev–Trinajstić information content (AvgIpc) is 3.35. The van der Waals surface area contributed by atoms with E-state index in [4.69, 9.17) is 14.3 Å². The SMILES string of the molecule is Cc1c(C#N)c(NC(=O)COC(=O)c2ccc(CO)cc2)n(Cc2ccco2)c1C. The van der Waals surface area contributed by atoms with Crippen molar-refractivity contribution in [3.05, 3.63) is 76.4 Å². The molecule has 0 aliphatic rings. The van der Waals surface area contributed by atoms with Gasteiger partial charge in [0, 0.05) is 5.69 Å². The smallest absolute Gasteiger partial charge is 0.338 e. The second kappa shape index (κ2) is 9.11. The van der Waals surface area contributed by atoms with Crippen molar-refractivity contribution in [2.24, 2.45) is 0 Å². The molecular weight excluding hydrogens is 386 g/mol. The molecule has 0 saturated carbocycles. The molecule has 0 aliphatic carbocycles. The van der Waals surface area contributed by atoms with Crippen molar-refractivity contribution < 1.29 is 23.8 Å². The maximum atomic E-state index is 12.4. The lowest BCUT2D eigenvalue weighted by Gasteiger charge is -2.12. The van der Waals surface area contributed by atoms with E-state index in [0.717, 1.165) is 11.3 Å². The second-order valence-electron chi connectivity index (χ2n) is 6.69. The number of nitrogens with zero attached hydrogens (tertiary/aromatic N) is 2. The number of nitriles is 1. The molecular formula is C22H21N3O5. The Hall–Kier alpha value is -3.83. The van der Waals surface area contributed by atoms with Gasteiger partial charge < -0.3 is 24.1 Å². The lowest BCUT2D eigenvalue weighted by atomic mass is 10.1. The van der Waals surface area contributed by atoms with Crippen LogP contribution in [-0.2, 0) is 22.7 Å². The number of carbonyl (C=O) groups excluding carboxylic acids is 2. The Morgan fingerprint density at radius 2 is 1.97 bits per heavy atom. The number of rotatable bonds is 7. The molecule has 0 aliphatic heterocycles. The van der Waals surface area contributed by atoms with Gasteiger partial charge in [0.25, 0.3) is 5.91 Å². The monoisotopic (exact) mass is 407 g/mol. The number of aliphatic hydroxyl groups is 1. The normalized spacial score (nSPS) is 10.5. The van der Waals surface area contributed by atoms with Gasteiger partial charge in [-0.2, -0.15) is 5.26 Å². The first-order valence-electron chi connectivity index (χ1n) is 9.23. The molecule has 154 valence electrons. The summed E-state index contributed by atoms with van der Waals surface area (Å²) in [6.07, 6.45) is 1.55. The predicted molar refractivity (Wildman–Crippen MR) is 108 cm³/mol.